The molecule has 2 rings (SSSR count). The average Bonchev–Trinajstić information content (AvgIpc) is 2.33. The smallest absolute Gasteiger partial charge is 0.145 e. The van der Waals surface area contributed by atoms with Gasteiger partial charge in [0.15, 0.2) is 0 Å². The number of hydrogen-bond acceptors (Lipinski definition) is 5. The summed E-state index contributed by atoms with van der Waals surface area (Å²) in [4.78, 5) is 17.1. The van der Waals surface area contributed by atoms with Crippen molar-refractivity contribution in [3.05, 3.63) is 41.4 Å². The van der Waals surface area contributed by atoms with Crippen LogP contribution in [-0.2, 0) is 6.54 Å². The molecule has 0 spiro atoms. The molecule has 17 heavy (non-hydrogen) atoms. The fourth-order valence-electron chi connectivity index (χ4n) is 1.32. The summed E-state index contributed by atoms with van der Waals surface area (Å²) in [5.74, 6) is 0.760. The lowest BCUT2D eigenvalue weighted by Crippen LogP contribution is -2.05. The van der Waals surface area contributed by atoms with Gasteiger partial charge < -0.3 is 5.32 Å². The maximum Gasteiger partial charge on any atom is 0.145 e. The minimum absolute atomic E-state index is 0.602. The number of nitrogens with zero attached hydrogens (tertiary/aromatic N) is 4. The van der Waals surface area contributed by atoms with Gasteiger partial charge in [-0.25, -0.2) is 4.98 Å². The van der Waals surface area contributed by atoms with Crippen LogP contribution in [0.3, 0.4) is 0 Å². The molecule has 1 N–H and O–H groups in total. The van der Waals surface area contributed by atoms with Crippen LogP contribution in [0.4, 0.5) is 5.82 Å². The average molecular weight is 229 g/mol. The Labute approximate surface area is 100 Å². The van der Waals surface area contributed by atoms with Gasteiger partial charge in [0.05, 0.1) is 41.7 Å². The van der Waals surface area contributed by atoms with Crippen LogP contribution in [0.15, 0.2) is 18.6 Å². The zero-order valence-corrected chi connectivity index (χ0v) is 10.2. The first-order valence-corrected chi connectivity index (χ1v) is 5.47. The molecule has 5 heteroatoms. The van der Waals surface area contributed by atoms with Gasteiger partial charge in [-0.15, -0.1) is 0 Å². The van der Waals surface area contributed by atoms with Crippen LogP contribution in [-0.4, -0.2) is 19.9 Å². The number of aromatic nitrogens is 4. The Balaban J connectivity index is 2.02. The lowest BCUT2D eigenvalue weighted by molar-refractivity contribution is 0.960. The molecule has 0 aliphatic heterocycles. The largest absolute Gasteiger partial charge is 0.363 e. The number of nitrogens with one attached hydrogen (secondary N) is 1. The topological polar surface area (TPSA) is 63.6 Å². The standard InChI is InChI=1S/C12H15N5/c1-8-4-15-11(5-13-8)6-16-12-7-14-9(2)10(3)17-12/h4-5,7H,6H2,1-3H3,(H,16,17). The number of anilines is 1. The van der Waals surface area contributed by atoms with Gasteiger partial charge in [0.2, 0.25) is 0 Å². The van der Waals surface area contributed by atoms with E-state index in [1.165, 1.54) is 0 Å². The van der Waals surface area contributed by atoms with Crippen LogP contribution in [0.25, 0.3) is 0 Å². The fourth-order valence-corrected chi connectivity index (χ4v) is 1.32. The lowest BCUT2D eigenvalue weighted by Gasteiger charge is -2.06. The molecule has 0 saturated heterocycles. The summed E-state index contributed by atoms with van der Waals surface area (Å²) >= 11 is 0. The van der Waals surface area contributed by atoms with Crippen LogP contribution < -0.4 is 5.32 Å². The normalized spacial score (nSPS) is 10.3. The third kappa shape index (κ3) is 2.96. The maximum atomic E-state index is 4.38. The zero-order chi connectivity index (χ0) is 12.3. The molecule has 0 aromatic carbocycles. The molecule has 0 atom stereocenters. The second kappa shape index (κ2) is 4.86. The van der Waals surface area contributed by atoms with Gasteiger partial charge in [-0.05, 0) is 20.8 Å². The highest BCUT2D eigenvalue weighted by Crippen LogP contribution is 2.06. The molecule has 0 aliphatic carbocycles. The van der Waals surface area contributed by atoms with E-state index < -0.39 is 0 Å². The molecular weight excluding hydrogens is 214 g/mol. The SMILES string of the molecule is Cc1cnc(CNc2cnc(C)c(C)n2)cn1. The summed E-state index contributed by atoms with van der Waals surface area (Å²) in [5.41, 5.74) is 3.69. The summed E-state index contributed by atoms with van der Waals surface area (Å²) in [6, 6.07) is 0. The fraction of sp³-hybridized carbons (Fsp3) is 0.333. The quantitative estimate of drug-likeness (QED) is 0.869. The Morgan fingerprint density at radius 3 is 2.41 bits per heavy atom. The molecule has 0 bridgehead atoms. The minimum atomic E-state index is 0.602. The molecular formula is C12H15N5. The van der Waals surface area contributed by atoms with E-state index >= 15 is 0 Å². The minimum Gasteiger partial charge on any atom is -0.363 e. The van der Waals surface area contributed by atoms with Gasteiger partial charge in [0.1, 0.15) is 5.82 Å². The van der Waals surface area contributed by atoms with Gasteiger partial charge in [-0.3, -0.25) is 15.0 Å². The van der Waals surface area contributed by atoms with E-state index in [1.807, 2.05) is 20.8 Å². The summed E-state index contributed by atoms with van der Waals surface area (Å²) in [6.45, 7) is 6.40. The highest BCUT2D eigenvalue weighted by Gasteiger charge is 2.00. The first-order valence-electron chi connectivity index (χ1n) is 5.47. The Morgan fingerprint density at radius 2 is 1.76 bits per heavy atom. The first-order chi connectivity index (χ1) is 8.15. The van der Waals surface area contributed by atoms with E-state index in [9.17, 15) is 0 Å². The predicted octanol–water partition coefficient (Wildman–Crippen LogP) is 1.80. The molecule has 0 radical (unpaired) electrons. The van der Waals surface area contributed by atoms with Crippen molar-refractivity contribution in [1.29, 1.82) is 0 Å². The van der Waals surface area contributed by atoms with Crippen molar-refractivity contribution in [3.8, 4) is 0 Å². The predicted molar refractivity (Wildman–Crippen MR) is 65.6 cm³/mol. The summed E-state index contributed by atoms with van der Waals surface area (Å²) in [7, 11) is 0. The van der Waals surface area contributed by atoms with Crippen LogP contribution in [0.5, 0.6) is 0 Å². The first kappa shape index (κ1) is 11.4. The van der Waals surface area contributed by atoms with Gasteiger partial charge >= 0.3 is 0 Å². The van der Waals surface area contributed by atoms with E-state index in [2.05, 4.69) is 25.3 Å². The molecule has 0 aliphatic rings. The van der Waals surface area contributed by atoms with E-state index in [0.717, 1.165) is 28.6 Å². The molecule has 0 fully saturated rings. The highest BCUT2D eigenvalue weighted by atomic mass is 15.0. The Morgan fingerprint density at radius 1 is 0.941 bits per heavy atom. The van der Waals surface area contributed by atoms with Crippen LogP contribution in [0.1, 0.15) is 22.8 Å². The van der Waals surface area contributed by atoms with Gasteiger partial charge in [-0.2, -0.15) is 0 Å². The molecule has 0 unspecified atom stereocenters. The molecule has 2 heterocycles. The monoisotopic (exact) mass is 229 g/mol. The van der Waals surface area contributed by atoms with Crippen molar-refractivity contribution in [3.63, 3.8) is 0 Å². The van der Waals surface area contributed by atoms with Crippen LogP contribution >= 0.6 is 0 Å². The zero-order valence-electron chi connectivity index (χ0n) is 10.2. The third-order valence-corrected chi connectivity index (χ3v) is 2.48. The van der Waals surface area contributed by atoms with Gasteiger partial charge in [0.25, 0.3) is 0 Å². The Bertz CT molecular complexity index is 507. The summed E-state index contributed by atoms with van der Waals surface area (Å²) in [5, 5.41) is 3.17. The highest BCUT2D eigenvalue weighted by molar-refractivity contribution is 5.33. The maximum absolute atomic E-state index is 4.38. The second-order valence-corrected chi connectivity index (χ2v) is 3.93. The summed E-state index contributed by atoms with van der Waals surface area (Å²) in [6.07, 6.45) is 5.24. The number of aryl methyl sites for hydroxylation is 3. The van der Waals surface area contributed by atoms with E-state index in [0.29, 0.717) is 6.54 Å². The molecule has 2 aromatic rings. The number of hydrogen-bond donors (Lipinski definition) is 1. The molecule has 88 valence electrons. The van der Waals surface area contributed by atoms with Gasteiger partial charge in [-0.1, -0.05) is 0 Å². The Kier molecular flexibility index (Phi) is 3.27. The van der Waals surface area contributed by atoms with Crippen molar-refractivity contribution in [2.75, 3.05) is 5.32 Å². The summed E-state index contributed by atoms with van der Waals surface area (Å²) < 4.78 is 0. The Hall–Kier alpha value is -2.04. The third-order valence-electron chi connectivity index (χ3n) is 2.48. The van der Waals surface area contributed by atoms with Crippen molar-refractivity contribution >= 4 is 5.82 Å². The van der Waals surface area contributed by atoms with Crippen molar-refractivity contribution < 1.29 is 0 Å². The molecule has 5 nitrogen and oxygen atoms in total. The second-order valence-electron chi connectivity index (χ2n) is 3.93. The van der Waals surface area contributed by atoms with E-state index in [1.54, 1.807) is 18.6 Å². The van der Waals surface area contributed by atoms with E-state index in [4.69, 9.17) is 0 Å². The van der Waals surface area contributed by atoms with Crippen LogP contribution in [0.2, 0.25) is 0 Å². The molecule has 2 aromatic heterocycles. The molecule has 0 amide bonds. The van der Waals surface area contributed by atoms with Crippen molar-refractivity contribution in [2.24, 2.45) is 0 Å². The van der Waals surface area contributed by atoms with Crippen molar-refractivity contribution in [1.82, 2.24) is 19.9 Å². The van der Waals surface area contributed by atoms with Crippen LogP contribution in [0, 0.1) is 20.8 Å². The lowest BCUT2D eigenvalue weighted by atomic mass is 10.3. The number of rotatable bonds is 3. The van der Waals surface area contributed by atoms with Crippen molar-refractivity contribution in [2.45, 2.75) is 27.3 Å². The van der Waals surface area contributed by atoms with E-state index in [-0.39, 0.29) is 0 Å². The molecule has 0 saturated carbocycles. The van der Waals surface area contributed by atoms with Gasteiger partial charge in [0, 0.05) is 6.20 Å².